The summed E-state index contributed by atoms with van der Waals surface area (Å²) < 4.78 is 0. The number of rotatable bonds is 7. The predicted octanol–water partition coefficient (Wildman–Crippen LogP) is 1.93. The van der Waals surface area contributed by atoms with Crippen LogP contribution in [0.15, 0.2) is 36.2 Å². The van der Waals surface area contributed by atoms with Gasteiger partial charge in [0.1, 0.15) is 0 Å². The molecule has 0 aliphatic heterocycles. The molecule has 0 bridgehead atoms. The summed E-state index contributed by atoms with van der Waals surface area (Å²) >= 11 is 0. The van der Waals surface area contributed by atoms with E-state index in [0.29, 0.717) is 6.41 Å². The van der Waals surface area contributed by atoms with Gasteiger partial charge in [-0.1, -0.05) is 13.3 Å². The van der Waals surface area contributed by atoms with Crippen molar-refractivity contribution in [3.8, 4) is 0 Å². The smallest absolute Gasteiger partial charge is 0.211 e. The first-order valence-corrected chi connectivity index (χ1v) is 5.97. The monoisotopic (exact) mass is 248 g/mol. The van der Waals surface area contributed by atoms with Gasteiger partial charge in [0.2, 0.25) is 6.41 Å². The number of allylic oxidation sites excluding steroid dienone is 1. The summed E-state index contributed by atoms with van der Waals surface area (Å²) in [7, 11) is 0. The normalized spacial score (nSPS) is 11.1. The van der Waals surface area contributed by atoms with Crippen molar-refractivity contribution in [2.24, 2.45) is 11.6 Å². The minimum atomic E-state index is 0.637. The maximum absolute atomic E-state index is 10.3. The zero-order valence-electron chi connectivity index (χ0n) is 10.6. The molecule has 0 fully saturated rings. The molecule has 0 aromatic heterocycles. The fourth-order valence-corrected chi connectivity index (χ4v) is 1.50. The van der Waals surface area contributed by atoms with Crippen LogP contribution in [0.2, 0.25) is 0 Å². The van der Waals surface area contributed by atoms with E-state index in [4.69, 9.17) is 11.6 Å². The molecule has 0 radical (unpaired) electrons. The van der Waals surface area contributed by atoms with Crippen LogP contribution in [-0.2, 0) is 4.79 Å². The molecule has 5 nitrogen and oxygen atoms in total. The third-order valence-corrected chi connectivity index (χ3v) is 2.51. The lowest BCUT2D eigenvalue weighted by atomic mass is 10.2. The number of hydrazine groups is 1. The number of nitrogens with two attached hydrogens (primary N) is 2. The lowest BCUT2D eigenvalue weighted by Gasteiger charge is -2.15. The highest BCUT2D eigenvalue weighted by Crippen LogP contribution is 2.16. The molecular weight excluding hydrogens is 228 g/mol. The van der Waals surface area contributed by atoms with Crippen molar-refractivity contribution in [3.63, 3.8) is 0 Å². The third-order valence-electron chi connectivity index (χ3n) is 2.51. The zero-order chi connectivity index (χ0) is 13.4. The average molecular weight is 248 g/mol. The molecule has 0 aliphatic rings. The summed E-state index contributed by atoms with van der Waals surface area (Å²) in [5.74, 6) is 5.88. The molecule has 0 saturated heterocycles. The summed E-state index contributed by atoms with van der Waals surface area (Å²) in [5, 5.41) is 4.04. The van der Waals surface area contributed by atoms with E-state index in [9.17, 15) is 4.79 Å². The predicted molar refractivity (Wildman–Crippen MR) is 74.6 cm³/mol. The van der Waals surface area contributed by atoms with Gasteiger partial charge in [-0.25, -0.2) is 5.84 Å². The largest absolute Gasteiger partial charge is 0.401 e. The second-order valence-corrected chi connectivity index (χ2v) is 4.02. The Morgan fingerprint density at radius 1 is 1.39 bits per heavy atom. The van der Waals surface area contributed by atoms with Crippen LogP contribution in [0, 0.1) is 0 Å². The molecule has 5 N–H and O–H groups in total. The SMILES string of the molecule is CCCC/C(N)=C/N(N)c1ccc(NC=O)cc1. The number of carbonyl (C=O) groups excluding carboxylic acids is 1. The van der Waals surface area contributed by atoms with Gasteiger partial charge in [-0.15, -0.1) is 0 Å². The lowest BCUT2D eigenvalue weighted by molar-refractivity contribution is -0.105. The van der Waals surface area contributed by atoms with E-state index < -0.39 is 0 Å². The van der Waals surface area contributed by atoms with Crippen LogP contribution >= 0.6 is 0 Å². The summed E-state index contributed by atoms with van der Waals surface area (Å²) in [6, 6.07) is 7.18. The van der Waals surface area contributed by atoms with Crippen molar-refractivity contribution in [2.75, 3.05) is 10.3 Å². The Hall–Kier alpha value is -2.01. The number of hydrogen-bond acceptors (Lipinski definition) is 4. The Morgan fingerprint density at radius 3 is 2.61 bits per heavy atom. The van der Waals surface area contributed by atoms with Gasteiger partial charge in [0.15, 0.2) is 0 Å². The molecule has 0 heterocycles. The van der Waals surface area contributed by atoms with Gasteiger partial charge in [-0.05, 0) is 37.1 Å². The van der Waals surface area contributed by atoms with Crippen molar-refractivity contribution in [1.29, 1.82) is 0 Å². The molecule has 1 aromatic rings. The number of nitrogens with zero attached hydrogens (tertiary/aromatic N) is 1. The molecule has 5 heteroatoms. The fraction of sp³-hybridized carbons (Fsp3) is 0.308. The Labute approximate surface area is 107 Å². The Kier molecular flexibility index (Phi) is 5.73. The van der Waals surface area contributed by atoms with Gasteiger partial charge in [0.25, 0.3) is 0 Å². The third kappa shape index (κ3) is 4.47. The molecular formula is C13H20N4O. The van der Waals surface area contributed by atoms with Crippen molar-refractivity contribution < 1.29 is 4.79 Å². The van der Waals surface area contributed by atoms with Crippen LogP contribution in [0.25, 0.3) is 0 Å². The first kappa shape index (κ1) is 14.1. The fourth-order valence-electron chi connectivity index (χ4n) is 1.50. The maximum Gasteiger partial charge on any atom is 0.211 e. The van der Waals surface area contributed by atoms with Crippen LogP contribution in [0.1, 0.15) is 26.2 Å². The van der Waals surface area contributed by atoms with E-state index in [1.54, 1.807) is 18.3 Å². The molecule has 1 aromatic carbocycles. The van der Waals surface area contributed by atoms with Gasteiger partial charge in [-0.3, -0.25) is 9.80 Å². The van der Waals surface area contributed by atoms with Crippen molar-refractivity contribution in [3.05, 3.63) is 36.2 Å². The Morgan fingerprint density at radius 2 is 2.06 bits per heavy atom. The number of nitrogens with one attached hydrogen (secondary N) is 1. The molecule has 0 unspecified atom stereocenters. The first-order chi connectivity index (χ1) is 8.67. The number of carbonyl (C=O) groups is 1. The Balaban J connectivity index is 2.65. The van der Waals surface area contributed by atoms with E-state index in [2.05, 4.69) is 12.2 Å². The topological polar surface area (TPSA) is 84.4 Å². The number of unbranched alkanes of at least 4 members (excludes halogenated alkanes) is 1. The van der Waals surface area contributed by atoms with Crippen LogP contribution in [0.3, 0.4) is 0 Å². The molecule has 0 spiro atoms. The lowest BCUT2D eigenvalue weighted by Crippen LogP contribution is -2.25. The van der Waals surface area contributed by atoms with E-state index in [0.717, 1.165) is 36.3 Å². The van der Waals surface area contributed by atoms with Crippen LogP contribution in [-0.4, -0.2) is 6.41 Å². The highest BCUT2D eigenvalue weighted by Gasteiger charge is 2.00. The van der Waals surface area contributed by atoms with Crippen molar-refractivity contribution in [1.82, 2.24) is 0 Å². The van der Waals surface area contributed by atoms with E-state index in [-0.39, 0.29) is 0 Å². The van der Waals surface area contributed by atoms with E-state index in [1.165, 1.54) is 5.01 Å². The van der Waals surface area contributed by atoms with E-state index in [1.807, 2.05) is 12.1 Å². The molecule has 18 heavy (non-hydrogen) atoms. The quantitative estimate of drug-likeness (QED) is 0.391. The van der Waals surface area contributed by atoms with Gasteiger partial charge in [0.05, 0.1) is 5.69 Å². The molecule has 98 valence electrons. The minimum absolute atomic E-state index is 0.637. The molecule has 0 atom stereocenters. The zero-order valence-corrected chi connectivity index (χ0v) is 10.6. The van der Waals surface area contributed by atoms with E-state index >= 15 is 0 Å². The van der Waals surface area contributed by atoms with Crippen LogP contribution < -0.4 is 21.9 Å². The van der Waals surface area contributed by atoms with Crippen LogP contribution in [0.4, 0.5) is 11.4 Å². The summed E-state index contributed by atoms with van der Waals surface area (Å²) in [4.78, 5) is 10.3. The first-order valence-electron chi connectivity index (χ1n) is 5.97. The number of hydrogen-bond donors (Lipinski definition) is 3. The molecule has 0 aliphatic carbocycles. The number of benzene rings is 1. The summed E-state index contributed by atoms with van der Waals surface area (Å²) in [6.07, 6.45) is 5.36. The second-order valence-electron chi connectivity index (χ2n) is 4.02. The van der Waals surface area contributed by atoms with Crippen molar-refractivity contribution in [2.45, 2.75) is 26.2 Å². The van der Waals surface area contributed by atoms with Crippen LogP contribution in [0.5, 0.6) is 0 Å². The summed E-state index contributed by atoms with van der Waals surface area (Å²) in [5.41, 5.74) is 8.15. The minimum Gasteiger partial charge on any atom is -0.401 e. The molecule has 1 rings (SSSR count). The maximum atomic E-state index is 10.3. The molecule has 0 saturated carbocycles. The van der Waals surface area contributed by atoms with Crippen molar-refractivity contribution >= 4 is 17.8 Å². The number of anilines is 2. The molecule has 1 amide bonds. The van der Waals surface area contributed by atoms with Gasteiger partial charge >= 0.3 is 0 Å². The van der Waals surface area contributed by atoms with Gasteiger partial charge < -0.3 is 11.1 Å². The number of amides is 1. The summed E-state index contributed by atoms with van der Waals surface area (Å²) in [6.45, 7) is 2.12. The highest BCUT2D eigenvalue weighted by atomic mass is 16.1. The van der Waals surface area contributed by atoms with Gasteiger partial charge in [0, 0.05) is 17.6 Å². The average Bonchev–Trinajstić information content (AvgIpc) is 2.37. The van der Waals surface area contributed by atoms with Gasteiger partial charge in [-0.2, -0.15) is 0 Å². The highest BCUT2D eigenvalue weighted by molar-refractivity contribution is 5.72. The second kappa shape index (κ2) is 7.34. The Bertz CT molecular complexity index is 400. The standard InChI is InChI=1S/C13H20N4O/c1-2-3-4-11(14)9-17(15)13-7-5-12(6-8-13)16-10-18/h5-10H,2-4,14-15H2,1H3,(H,16,18)/b11-9-.